The van der Waals surface area contributed by atoms with Crippen molar-refractivity contribution in [3.05, 3.63) is 64.3 Å². The summed E-state index contributed by atoms with van der Waals surface area (Å²) in [5, 5.41) is 0. The fourth-order valence-electron chi connectivity index (χ4n) is 3.76. The van der Waals surface area contributed by atoms with E-state index in [4.69, 9.17) is 0 Å². The van der Waals surface area contributed by atoms with Gasteiger partial charge in [0.2, 0.25) is 5.91 Å². The summed E-state index contributed by atoms with van der Waals surface area (Å²) in [6.07, 6.45) is 8.35. The van der Waals surface area contributed by atoms with Crippen LogP contribution in [0.1, 0.15) is 48.2 Å². The van der Waals surface area contributed by atoms with E-state index in [1.165, 1.54) is 16.8 Å². The Labute approximate surface area is 170 Å². The fraction of sp³-hybridized carbons (Fsp3) is 0.455. The first-order valence-corrected chi connectivity index (χ1v) is 10.3. The van der Waals surface area contributed by atoms with Gasteiger partial charge in [0.15, 0.2) is 0 Å². The molecule has 3 heterocycles. The Hall–Kier alpha value is -2.96. The largest absolute Gasteiger partial charge is 0.341 e. The number of nitrogens with zero attached hydrogens (tertiary/aromatic N) is 4. The lowest BCUT2D eigenvalue weighted by atomic mass is 10.1. The molecule has 2 aliphatic rings. The maximum atomic E-state index is 13.2. The highest BCUT2D eigenvalue weighted by molar-refractivity contribution is 5.94. The van der Waals surface area contributed by atoms with Crippen molar-refractivity contribution in [3.63, 3.8) is 0 Å². The van der Waals surface area contributed by atoms with Gasteiger partial charge in [-0.05, 0) is 50.3 Å². The summed E-state index contributed by atoms with van der Waals surface area (Å²) in [5.74, 6) is -0.193. The van der Waals surface area contributed by atoms with Crippen LogP contribution in [0.15, 0.2) is 47.5 Å². The number of piperidine rings is 1. The minimum Gasteiger partial charge on any atom is -0.341 e. The molecule has 0 N–H and O–H groups in total. The van der Waals surface area contributed by atoms with Gasteiger partial charge in [-0.2, -0.15) is 0 Å². The van der Waals surface area contributed by atoms with E-state index in [2.05, 4.69) is 4.98 Å². The Kier molecular flexibility index (Phi) is 5.74. The predicted molar refractivity (Wildman–Crippen MR) is 108 cm³/mol. The van der Waals surface area contributed by atoms with Gasteiger partial charge in [0.1, 0.15) is 6.54 Å². The second kappa shape index (κ2) is 8.59. The van der Waals surface area contributed by atoms with Crippen molar-refractivity contribution in [3.8, 4) is 0 Å². The average molecular weight is 394 g/mol. The summed E-state index contributed by atoms with van der Waals surface area (Å²) in [6.45, 7) is 1.90. The highest BCUT2D eigenvalue weighted by atomic mass is 16.2. The monoisotopic (exact) mass is 394 g/mol. The van der Waals surface area contributed by atoms with E-state index in [0.717, 1.165) is 50.9 Å². The minimum atomic E-state index is -0.269. The number of carbonyl (C=O) groups is 2. The van der Waals surface area contributed by atoms with Gasteiger partial charge < -0.3 is 14.4 Å². The molecule has 2 aromatic heterocycles. The smallest absolute Gasteiger partial charge is 0.255 e. The van der Waals surface area contributed by atoms with E-state index in [1.54, 1.807) is 12.3 Å². The molecule has 152 valence electrons. The SMILES string of the molecule is O=C(Cn1cc(C(=O)N(Cc2ccccn2)C2CC2)ccc1=O)N1CCCCC1. The van der Waals surface area contributed by atoms with Crippen LogP contribution < -0.4 is 5.56 Å². The van der Waals surface area contributed by atoms with Crippen LogP contribution in [0.3, 0.4) is 0 Å². The Morgan fingerprint density at radius 3 is 2.55 bits per heavy atom. The third-order valence-electron chi connectivity index (χ3n) is 5.55. The minimum absolute atomic E-state index is 0.0242. The molecule has 29 heavy (non-hydrogen) atoms. The van der Waals surface area contributed by atoms with E-state index in [-0.39, 0.29) is 30.0 Å². The maximum absolute atomic E-state index is 13.2. The number of amides is 2. The second-order valence-corrected chi connectivity index (χ2v) is 7.81. The predicted octanol–water partition coefficient (Wildman–Crippen LogP) is 2.06. The lowest BCUT2D eigenvalue weighted by Gasteiger charge is -2.27. The molecular weight excluding hydrogens is 368 g/mol. The fourth-order valence-corrected chi connectivity index (χ4v) is 3.76. The van der Waals surface area contributed by atoms with Crippen LogP contribution in [0.4, 0.5) is 0 Å². The molecule has 1 aliphatic heterocycles. The number of hydrogen-bond acceptors (Lipinski definition) is 4. The summed E-state index contributed by atoms with van der Waals surface area (Å²) in [5.41, 5.74) is 0.995. The topological polar surface area (TPSA) is 75.5 Å². The highest BCUT2D eigenvalue weighted by Crippen LogP contribution is 2.29. The third kappa shape index (κ3) is 4.72. The summed E-state index contributed by atoms with van der Waals surface area (Å²) in [7, 11) is 0. The van der Waals surface area contributed by atoms with E-state index in [1.807, 2.05) is 28.0 Å². The molecular formula is C22H26N4O3. The summed E-state index contributed by atoms with van der Waals surface area (Å²) < 4.78 is 1.36. The molecule has 1 aliphatic carbocycles. The van der Waals surface area contributed by atoms with Crippen LogP contribution >= 0.6 is 0 Å². The average Bonchev–Trinajstić information content (AvgIpc) is 3.60. The van der Waals surface area contributed by atoms with Crippen molar-refractivity contribution in [2.75, 3.05) is 13.1 Å². The molecule has 0 aromatic carbocycles. The quantitative estimate of drug-likeness (QED) is 0.752. The molecule has 0 atom stereocenters. The van der Waals surface area contributed by atoms with E-state index < -0.39 is 0 Å². The van der Waals surface area contributed by atoms with Crippen LogP contribution in [0.2, 0.25) is 0 Å². The van der Waals surface area contributed by atoms with Gasteiger partial charge in [-0.25, -0.2) is 0 Å². The van der Waals surface area contributed by atoms with Crippen LogP contribution in [0.5, 0.6) is 0 Å². The first kappa shape index (κ1) is 19.4. The summed E-state index contributed by atoms with van der Waals surface area (Å²) in [4.78, 5) is 46.0. The maximum Gasteiger partial charge on any atom is 0.255 e. The Balaban J connectivity index is 1.51. The number of likely N-dealkylation sites (tertiary alicyclic amines) is 1. The molecule has 2 fully saturated rings. The van der Waals surface area contributed by atoms with Gasteiger partial charge >= 0.3 is 0 Å². The Morgan fingerprint density at radius 1 is 1.07 bits per heavy atom. The van der Waals surface area contributed by atoms with Crippen molar-refractivity contribution in [2.24, 2.45) is 0 Å². The first-order valence-electron chi connectivity index (χ1n) is 10.3. The van der Waals surface area contributed by atoms with Crippen LogP contribution in [0, 0.1) is 0 Å². The molecule has 0 radical (unpaired) electrons. The van der Waals surface area contributed by atoms with E-state index in [0.29, 0.717) is 12.1 Å². The normalized spacial score (nSPS) is 16.5. The number of carbonyl (C=O) groups excluding carboxylic acids is 2. The number of pyridine rings is 2. The standard InChI is InChI=1S/C22H26N4O3/c27-20-10-7-17(14-25(20)16-21(28)24-12-4-1-5-13-24)22(29)26(19-8-9-19)15-18-6-2-3-11-23-18/h2-3,6-7,10-11,14,19H,1,4-5,8-9,12-13,15-16H2. The van der Waals surface area contributed by atoms with Crippen molar-refractivity contribution >= 4 is 11.8 Å². The summed E-state index contributed by atoms with van der Waals surface area (Å²) in [6, 6.07) is 8.80. The zero-order valence-electron chi connectivity index (χ0n) is 16.5. The van der Waals surface area contributed by atoms with E-state index in [9.17, 15) is 14.4 Å². The van der Waals surface area contributed by atoms with Gasteiger partial charge in [0.25, 0.3) is 11.5 Å². The first-order chi connectivity index (χ1) is 14.1. The Bertz CT molecular complexity index is 931. The van der Waals surface area contributed by atoms with Crippen LogP contribution in [0.25, 0.3) is 0 Å². The zero-order valence-corrected chi connectivity index (χ0v) is 16.5. The second-order valence-electron chi connectivity index (χ2n) is 7.81. The van der Waals surface area contributed by atoms with Gasteiger partial charge in [-0.1, -0.05) is 6.07 Å². The third-order valence-corrected chi connectivity index (χ3v) is 5.55. The molecule has 4 rings (SSSR count). The molecule has 7 nitrogen and oxygen atoms in total. The van der Waals surface area contributed by atoms with Gasteiger partial charge in [-0.15, -0.1) is 0 Å². The van der Waals surface area contributed by atoms with Crippen molar-refractivity contribution in [1.82, 2.24) is 19.4 Å². The molecule has 0 unspecified atom stereocenters. The van der Waals surface area contributed by atoms with Crippen molar-refractivity contribution in [2.45, 2.75) is 51.2 Å². The van der Waals surface area contributed by atoms with Gasteiger partial charge in [0, 0.05) is 37.6 Å². The number of hydrogen-bond donors (Lipinski definition) is 0. The zero-order chi connectivity index (χ0) is 20.2. The van der Waals surface area contributed by atoms with Gasteiger partial charge in [-0.3, -0.25) is 19.4 Å². The molecule has 1 saturated heterocycles. The lowest BCUT2D eigenvalue weighted by Crippen LogP contribution is -2.40. The van der Waals surface area contributed by atoms with Crippen molar-refractivity contribution < 1.29 is 9.59 Å². The molecule has 7 heteroatoms. The lowest BCUT2D eigenvalue weighted by molar-refractivity contribution is -0.132. The van der Waals surface area contributed by atoms with Crippen LogP contribution in [-0.4, -0.2) is 50.3 Å². The van der Waals surface area contributed by atoms with Gasteiger partial charge in [0.05, 0.1) is 17.8 Å². The molecule has 0 spiro atoms. The highest BCUT2D eigenvalue weighted by Gasteiger charge is 2.33. The van der Waals surface area contributed by atoms with Crippen LogP contribution in [-0.2, 0) is 17.9 Å². The molecule has 1 saturated carbocycles. The van der Waals surface area contributed by atoms with Crippen molar-refractivity contribution in [1.29, 1.82) is 0 Å². The van der Waals surface area contributed by atoms with E-state index >= 15 is 0 Å². The summed E-state index contributed by atoms with van der Waals surface area (Å²) >= 11 is 0. The molecule has 2 amide bonds. The Morgan fingerprint density at radius 2 is 1.86 bits per heavy atom. The number of rotatable bonds is 6. The molecule has 2 aromatic rings. The number of aromatic nitrogens is 2. The molecule has 0 bridgehead atoms.